The van der Waals surface area contributed by atoms with Crippen LogP contribution in [0.2, 0.25) is 0 Å². The summed E-state index contributed by atoms with van der Waals surface area (Å²) in [7, 11) is -3.43. The third-order valence-corrected chi connectivity index (χ3v) is 5.52. The zero-order chi connectivity index (χ0) is 19.7. The average Bonchev–Trinajstić information content (AvgIpc) is 3.35. The molecule has 2 aromatic carbocycles. The second-order valence-corrected chi connectivity index (χ2v) is 8.33. The molecule has 0 amide bonds. The van der Waals surface area contributed by atoms with Crippen molar-refractivity contribution in [3.63, 3.8) is 0 Å². The summed E-state index contributed by atoms with van der Waals surface area (Å²) in [6.45, 7) is 0.124. The summed E-state index contributed by atoms with van der Waals surface area (Å²) < 4.78 is 30.7. The van der Waals surface area contributed by atoms with Gasteiger partial charge in [0.05, 0.1) is 22.3 Å². The molecule has 28 heavy (non-hydrogen) atoms. The van der Waals surface area contributed by atoms with Crippen LogP contribution < -0.4 is 0 Å². The number of sulfone groups is 1. The molecule has 2 aromatic heterocycles. The quantitative estimate of drug-likeness (QED) is 0.524. The van der Waals surface area contributed by atoms with Gasteiger partial charge in [0, 0.05) is 29.6 Å². The average molecular weight is 395 g/mol. The number of hydrogen-bond donors (Lipinski definition) is 1. The SMILES string of the molecule is CS(=O)(=O)c1ccccc1-n1cc(C(=O)OCc2cccc3[nH]ccc23)cn1. The van der Waals surface area contributed by atoms with E-state index in [4.69, 9.17) is 4.74 Å². The minimum Gasteiger partial charge on any atom is -0.457 e. The molecular weight excluding hydrogens is 378 g/mol. The summed E-state index contributed by atoms with van der Waals surface area (Å²) in [5.41, 5.74) is 2.48. The smallest absolute Gasteiger partial charge is 0.341 e. The Kier molecular flexibility index (Phi) is 4.48. The number of fused-ring (bicyclic) bond motifs is 1. The fourth-order valence-corrected chi connectivity index (χ4v) is 3.89. The highest BCUT2D eigenvalue weighted by atomic mass is 32.2. The molecule has 8 heteroatoms. The van der Waals surface area contributed by atoms with Crippen molar-refractivity contribution in [2.45, 2.75) is 11.5 Å². The van der Waals surface area contributed by atoms with Gasteiger partial charge in [-0.2, -0.15) is 5.10 Å². The Morgan fingerprint density at radius 3 is 2.79 bits per heavy atom. The topological polar surface area (TPSA) is 94.0 Å². The van der Waals surface area contributed by atoms with E-state index < -0.39 is 15.8 Å². The number of aromatic nitrogens is 3. The molecule has 142 valence electrons. The number of aromatic amines is 1. The van der Waals surface area contributed by atoms with Crippen LogP contribution in [0.3, 0.4) is 0 Å². The molecule has 4 rings (SSSR count). The van der Waals surface area contributed by atoms with Crippen LogP contribution in [0.4, 0.5) is 0 Å². The molecule has 0 aliphatic rings. The van der Waals surface area contributed by atoms with E-state index in [0.717, 1.165) is 22.7 Å². The molecular formula is C20H17N3O4S. The normalized spacial score (nSPS) is 11.6. The lowest BCUT2D eigenvalue weighted by Crippen LogP contribution is -2.06. The van der Waals surface area contributed by atoms with Crippen LogP contribution >= 0.6 is 0 Å². The lowest BCUT2D eigenvalue weighted by Gasteiger charge is -2.07. The molecule has 0 fully saturated rings. The molecule has 0 aliphatic heterocycles. The first-order valence-corrected chi connectivity index (χ1v) is 10.4. The first kappa shape index (κ1) is 18.0. The van der Waals surface area contributed by atoms with Gasteiger partial charge in [0.25, 0.3) is 0 Å². The highest BCUT2D eigenvalue weighted by molar-refractivity contribution is 7.90. The molecule has 2 heterocycles. The summed E-state index contributed by atoms with van der Waals surface area (Å²) in [6, 6.07) is 14.1. The largest absolute Gasteiger partial charge is 0.457 e. The van der Waals surface area contributed by atoms with Gasteiger partial charge in [0.1, 0.15) is 6.61 Å². The number of hydrogen-bond acceptors (Lipinski definition) is 5. The summed E-state index contributed by atoms with van der Waals surface area (Å²) in [5, 5.41) is 5.12. The fraction of sp³-hybridized carbons (Fsp3) is 0.100. The van der Waals surface area contributed by atoms with Crippen molar-refractivity contribution in [2.75, 3.05) is 6.26 Å². The zero-order valence-electron chi connectivity index (χ0n) is 15.0. The third-order valence-electron chi connectivity index (χ3n) is 4.37. The van der Waals surface area contributed by atoms with Crippen LogP contribution in [0.5, 0.6) is 0 Å². The predicted molar refractivity (Wildman–Crippen MR) is 104 cm³/mol. The van der Waals surface area contributed by atoms with Crippen molar-refractivity contribution < 1.29 is 17.9 Å². The van der Waals surface area contributed by atoms with Crippen molar-refractivity contribution in [1.82, 2.24) is 14.8 Å². The molecule has 1 N–H and O–H groups in total. The lowest BCUT2D eigenvalue weighted by molar-refractivity contribution is 0.0474. The highest BCUT2D eigenvalue weighted by Crippen LogP contribution is 2.21. The first-order chi connectivity index (χ1) is 13.4. The van der Waals surface area contributed by atoms with E-state index in [1.165, 1.54) is 23.1 Å². The molecule has 7 nitrogen and oxygen atoms in total. The van der Waals surface area contributed by atoms with Gasteiger partial charge in [-0.05, 0) is 29.8 Å². The van der Waals surface area contributed by atoms with Crippen molar-refractivity contribution >= 4 is 26.7 Å². The second kappa shape index (κ2) is 6.97. The van der Waals surface area contributed by atoms with Crippen molar-refractivity contribution in [2.24, 2.45) is 0 Å². The van der Waals surface area contributed by atoms with Gasteiger partial charge in [-0.3, -0.25) is 0 Å². The number of esters is 1. The van der Waals surface area contributed by atoms with Gasteiger partial charge in [-0.15, -0.1) is 0 Å². The number of carbonyl (C=O) groups excluding carboxylic acids is 1. The van der Waals surface area contributed by atoms with Crippen LogP contribution in [-0.2, 0) is 21.2 Å². The van der Waals surface area contributed by atoms with Crippen molar-refractivity contribution in [3.8, 4) is 5.69 Å². The van der Waals surface area contributed by atoms with Gasteiger partial charge >= 0.3 is 5.97 Å². The molecule has 0 aliphatic carbocycles. The van der Waals surface area contributed by atoms with E-state index in [0.29, 0.717) is 5.69 Å². The summed E-state index contributed by atoms with van der Waals surface area (Å²) in [5.74, 6) is -0.532. The number of benzene rings is 2. The van der Waals surface area contributed by atoms with E-state index in [2.05, 4.69) is 10.1 Å². The number of H-pyrrole nitrogens is 1. The number of rotatable bonds is 5. The van der Waals surface area contributed by atoms with Crippen LogP contribution in [0.1, 0.15) is 15.9 Å². The van der Waals surface area contributed by atoms with E-state index in [1.807, 2.05) is 30.5 Å². The fourth-order valence-electron chi connectivity index (χ4n) is 3.02. The maximum atomic E-state index is 12.4. The zero-order valence-corrected chi connectivity index (χ0v) is 15.8. The van der Waals surface area contributed by atoms with Gasteiger partial charge in [0.15, 0.2) is 9.84 Å². The van der Waals surface area contributed by atoms with E-state index >= 15 is 0 Å². The van der Waals surface area contributed by atoms with Gasteiger partial charge in [0.2, 0.25) is 0 Å². The van der Waals surface area contributed by atoms with E-state index in [1.54, 1.807) is 18.2 Å². The van der Waals surface area contributed by atoms with E-state index in [9.17, 15) is 13.2 Å². The lowest BCUT2D eigenvalue weighted by atomic mass is 10.1. The Balaban J connectivity index is 1.55. The second-order valence-electron chi connectivity index (χ2n) is 6.35. The maximum Gasteiger partial charge on any atom is 0.341 e. The summed E-state index contributed by atoms with van der Waals surface area (Å²) in [6.07, 6.45) is 5.78. The van der Waals surface area contributed by atoms with Crippen LogP contribution in [0.25, 0.3) is 16.6 Å². The molecule has 0 radical (unpaired) electrons. The Hall–Kier alpha value is -3.39. The monoisotopic (exact) mass is 395 g/mol. The molecule has 0 unspecified atom stereocenters. The Labute approximate surface area is 161 Å². The molecule has 0 spiro atoms. The number of carbonyl (C=O) groups is 1. The number of nitrogens with zero attached hydrogens (tertiary/aromatic N) is 2. The van der Waals surface area contributed by atoms with Crippen LogP contribution in [0.15, 0.2) is 72.0 Å². The molecule has 0 bridgehead atoms. The number of para-hydroxylation sites is 1. The summed E-state index contributed by atoms with van der Waals surface area (Å²) in [4.78, 5) is 15.7. The Bertz CT molecular complexity index is 1270. The van der Waals surface area contributed by atoms with Gasteiger partial charge in [-0.1, -0.05) is 24.3 Å². The van der Waals surface area contributed by atoms with E-state index in [-0.39, 0.29) is 17.1 Å². The standard InChI is InChI=1S/C20H17N3O4S/c1-28(25,26)19-8-3-2-7-18(19)23-12-15(11-22-23)20(24)27-13-14-5-4-6-17-16(14)9-10-21-17/h2-12,21H,13H2,1H3. The number of nitrogens with one attached hydrogen (secondary N) is 1. The molecule has 0 saturated heterocycles. The predicted octanol–water partition coefficient (Wildman–Crippen LogP) is 3.11. The third kappa shape index (κ3) is 3.41. The molecule has 4 aromatic rings. The minimum absolute atomic E-state index is 0.124. The Morgan fingerprint density at radius 2 is 1.96 bits per heavy atom. The minimum atomic E-state index is -3.43. The number of ether oxygens (including phenoxy) is 1. The van der Waals surface area contributed by atoms with Crippen LogP contribution in [0, 0.1) is 0 Å². The first-order valence-electron chi connectivity index (χ1n) is 8.50. The highest BCUT2D eigenvalue weighted by Gasteiger charge is 2.17. The van der Waals surface area contributed by atoms with Crippen molar-refractivity contribution in [3.05, 3.63) is 78.2 Å². The van der Waals surface area contributed by atoms with Crippen LogP contribution in [-0.4, -0.2) is 35.4 Å². The molecule has 0 atom stereocenters. The van der Waals surface area contributed by atoms with Gasteiger partial charge < -0.3 is 9.72 Å². The molecule has 0 saturated carbocycles. The van der Waals surface area contributed by atoms with Crippen molar-refractivity contribution in [1.29, 1.82) is 0 Å². The summed E-state index contributed by atoms with van der Waals surface area (Å²) >= 11 is 0. The maximum absolute atomic E-state index is 12.4. The Morgan fingerprint density at radius 1 is 1.14 bits per heavy atom. The van der Waals surface area contributed by atoms with Gasteiger partial charge in [-0.25, -0.2) is 17.9 Å².